The SMILES string of the molecule is CCn1nc(C)c(CCN=C(NC(=O)c2ccccc2)Nc2ccccc2)c1C. The van der Waals surface area contributed by atoms with Crippen LogP contribution in [0.2, 0.25) is 0 Å². The average molecular weight is 390 g/mol. The Kier molecular flexibility index (Phi) is 6.79. The second-order valence-corrected chi connectivity index (χ2v) is 6.76. The third-order valence-electron chi connectivity index (χ3n) is 4.77. The Bertz CT molecular complexity index is 977. The van der Waals surface area contributed by atoms with E-state index in [1.54, 1.807) is 12.1 Å². The molecule has 0 saturated carbocycles. The predicted octanol–water partition coefficient (Wildman–Crippen LogP) is 3.96. The number of nitrogens with one attached hydrogen (secondary N) is 2. The summed E-state index contributed by atoms with van der Waals surface area (Å²) in [5.74, 6) is 0.238. The quantitative estimate of drug-likeness (QED) is 0.495. The molecule has 0 aliphatic heterocycles. The highest BCUT2D eigenvalue weighted by Crippen LogP contribution is 2.14. The first-order valence-corrected chi connectivity index (χ1v) is 9.84. The highest BCUT2D eigenvalue weighted by molar-refractivity contribution is 6.09. The third kappa shape index (κ3) is 5.31. The Morgan fingerprint density at radius 1 is 1.03 bits per heavy atom. The van der Waals surface area contributed by atoms with E-state index < -0.39 is 0 Å². The second-order valence-electron chi connectivity index (χ2n) is 6.76. The van der Waals surface area contributed by atoms with Gasteiger partial charge in [-0.25, -0.2) is 0 Å². The summed E-state index contributed by atoms with van der Waals surface area (Å²) in [6.45, 7) is 7.59. The van der Waals surface area contributed by atoms with Gasteiger partial charge in [-0.15, -0.1) is 0 Å². The van der Waals surface area contributed by atoms with Crippen molar-refractivity contribution in [2.24, 2.45) is 4.99 Å². The fourth-order valence-corrected chi connectivity index (χ4v) is 3.22. The maximum atomic E-state index is 12.6. The number of rotatable bonds is 6. The van der Waals surface area contributed by atoms with Crippen molar-refractivity contribution in [1.82, 2.24) is 15.1 Å². The summed E-state index contributed by atoms with van der Waals surface area (Å²) in [5.41, 5.74) is 4.87. The lowest BCUT2D eigenvalue weighted by atomic mass is 10.1. The Balaban J connectivity index is 1.75. The zero-order valence-electron chi connectivity index (χ0n) is 17.1. The van der Waals surface area contributed by atoms with Crippen LogP contribution in [0, 0.1) is 13.8 Å². The number of aliphatic imine (C=N–C) groups is 1. The van der Waals surface area contributed by atoms with Crippen LogP contribution in [0.3, 0.4) is 0 Å². The molecule has 0 atom stereocenters. The smallest absolute Gasteiger partial charge is 0.257 e. The van der Waals surface area contributed by atoms with Gasteiger partial charge in [-0.2, -0.15) is 5.10 Å². The third-order valence-corrected chi connectivity index (χ3v) is 4.77. The molecule has 2 aromatic carbocycles. The van der Waals surface area contributed by atoms with Gasteiger partial charge in [0.05, 0.1) is 5.69 Å². The van der Waals surface area contributed by atoms with Gasteiger partial charge in [-0.3, -0.25) is 19.8 Å². The Morgan fingerprint density at radius 3 is 2.31 bits per heavy atom. The molecule has 29 heavy (non-hydrogen) atoms. The standard InChI is InChI=1S/C23H27N5O/c1-4-28-18(3)21(17(2)27-28)15-16-24-23(25-20-13-9-6-10-14-20)26-22(29)19-11-7-5-8-12-19/h5-14H,4,15-16H2,1-3H3,(H2,24,25,26,29). The molecule has 1 heterocycles. The number of para-hydroxylation sites is 1. The van der Waals surface area contributed by atoms with Gasteiger partial charge < -0.3 is 5.32 Å². The number of nitrogens with zero attached hydrogens (tertiary/aromatic N) is 3. The van der Waals surface area contributed by atoms with Crippen LogP contribution in [-0.4, -0.2) is 28.2 Å². The van der Waals surface area contributed by atoms with Crippen LogP contribution in [0.25, 0.3) is 0 Å². The number of benzene rings is 2. The average Bonchev–Trinajstić information content (AvgIpc) is 3.02. The van der Waals surface area contributed by atoms with E-state index in [4.69, 9.17) is 0 Å². The lowest BCUT2D eigenvalue weighted by Gasteiger charge is -2.12. The molecule has 3 rings (SSSR count). The van der Waals surface area contributed by atoms with E-state index in [9.17, 15) is 4.79 Å². The van der Waals surface area contributed by atoms with Gasteiger partial charge in [-0.05, 0) is 57.0 Å². The van der Waals surface area contributed by atoms with Crippen LogP contribution >= 0.6 is 0 Å². The molecule has 0 saturated heterocycles. The first-order valence-electron chi connectivity index (χ1n) is 9.84. The number of anilines is 1. The van der Waals surface area contributed by atoms with Gasteiger partial charge in [0, 0.05) is 30.0 Å². The number of carbonyl (C=O) groups is 1. The lowest BCUT2D eigenvalue weighted by molar-refractivity contribution is 0.0977. The molecule has 0 radical (unpaired) electrons. The summed E-state index contributed by atoms with van der Waals surface area (Å²) >= 11 is 0. The summed E-state index contributed by atoms with van der Waals surface area (Å²) < 4.78 is 2.01. The predicted molar refractivity (Wildman–Crippen MR) is 117 cm³/mol. The van der Waals surface area contributed by atoms with Crippen molar-refractivity contribution >= 4 is 17.6 Å². The summed E-state index contributed by atoms with van der Waals surface area (Å²) in [4.78, 5) is 17.2. The zero-order chi connectivity index (χ0) is 20.6. The van der Waals surface area contributed by atoms with Crippen molar-refractivity contribution in [2.75, 3.05) is 11.9 Å². The van der Waals surface area contributed by atoms with Crippen molar-refractivity contribution < 1.29 is 4.79 Å². The van der Waals surface area contributed by atoms with Gasteiger partial charge in [-0.1, -0.05) is 36.4 Å². The van der Waals surface area contributed by atoms with E-state index in [1.807, 2.05) is 60.1 Å². The topological polar surface area (TPSA) is 71.3 Å². The first-order chi connectivity index (χ1) is 14.1. The number of aryl methyl sites for hydroxylation is 2. The molecular formula is C23H27N5O. The maximum absolute atomic E-state index is 12.6. The van der Waals surface area contributed by atoms with E-state index in [0.29, 0.717) is 18.1 Å². The molecule has 150 valence electrons. The van der Waals surface area contributed by atoms with E-state index in [-0.39, 0.29) is 5.91 Å². The van der Waals surface area contributed by atoms with Crippen LogP contribution in [0.5, 0.6) is 0 Å². The Morgan fingerprint density at radius 2 is 1.69 bits per heavy atom. The van der Waals surface area contributed by atoms with Crippen LogP contribution in [0.1, 0.15) is 34.2 Å². The van der Waals surface area contributed by atoms with Gasteiger partial charge in [0.25, 0.3) is 5.91 Å². The van der Waals surface area contributed by atoms with Gasteiger partial charge in [0.15, 0.2) is 0 Å². The lowest BCUT2D eigenvalue weighted by Crippen LogP contribution is -2.36. The molecule has 1 amide bonds. The van der Waals surface area contributed by atoms with Crippen LogP contribution in [0.4, 0.5) is 5.69 Å². The molecule has 3 aromatic rings. The fraction of sp³-hybridized carbons (Fsp3) is 0.261. The highest BCUT2D eigenvalue weighted by atomic mass is 16.1. The summed E-state index contributed by atoms with van der Waals surface area (Å²) in [7, 11) is 0. The number of carbonyl (C=O) groups excluding carboxylic acids is 1. The minimum Gasteiger partial charge on any atom is -0.326 e. The molecule has 6 heteroatoms. The van der Waals surface area contributed by atoms with Crippen molar-refractivity contribution in [2.45, 2.75) is 33.7 Å². The number of hydrogen-bond donors (Lipinski definition) is 2. The Labute approximate surface area is 171 Å². The molecule has 0 bridgehead atoms. The van der Waals surface area contributed by atoms with E-state index >= 15 is 0 Å². The van der Waals surface area contributed by atoms with Crippen LogP contribution in [0.15, 0.2) is 65.7 Å². The van der Waals surface area contributed by atoms with Crippen molar-refractivity contribution in [3.05, 3.63) is 83.2 Å². The molecular weight excluding hydrogens is 362 g/mol. The molecule has 0 aliphatic carbocycles. The Hall–Kier alpha value is -3.41. The zero-order valence-corrected chi connectivity index (χ0v) is 17.1. The largest absolute Gasteiger partial charge is 0.326 e. The van der Waals surface area contributed by atoms with E-state index in [0.717, 1.165) is 24.3 Å². The highest BCUT2D eigenvalue weighted by Gasteiger charge is 2.12. The molecule has 2 N–H and O–H groups in total. The minimum atomic E-state index is -0.195. The molecule has 0 fully saturated rings. The summed E-state index contributed by atoms with van der Waals surface area (Å²) in [6, 6.07) is 18.8. The molecule has 0 spiro atoms. The normalized spacial score (nSPS) is 11.3. The second kappa shape index (κ2) is 9.68. The molecule has 0 unspecified atom stereocenters. The minimum absolute atomic E-state index is 0.195. The number of amides is 1. The summed E-state index contributed by atoms with van der Waals surface area (Å²) in [5, 5.41) is 10.7. The number of guanidine groups is 1. The van der Waals surface area contributed by atoms with Crippen LogP contribution < -0.4 is 10.6 Å². The van der Waals surface area contributed by atoms with E-state index in [2.05, 4.69) is 34.6 Å². The first kappa shape index (κ1) is 20.3. The number of aromatic nitrogens is 2. The van der Waals surface area contributed by atoms with Gasteiger partial charge in [0.2, 0.25) is 5.96 Å². The molecule has 6 nitrogen and oxygen atoms in total. The molecule has 1 aromatic heterocycles. The van der Waals surface area contributed by atoms with E-state index in [1.165, 1.54) is 11.3 Å². The van der Waals surface area contributed by atoms with Gasteiger partial charge >= 0.3 is 0 Å². The monoisotopic (exact) mass is 389 g/mol. The fourth-order valence-electron chi connectivity index (χ4n) is 3.22. The van der Waals surface area contributed by atoms with Crippen LogP contribution in [-0.2, 0) is 13.0 Å². The molecule has 0 aliphatic rings. The van der Waals surface area contributed by atoms with Crippen molar-refractivity contribution in [3.63, 3.8) is 0 Å². The van der Waals surface area contributed by atoms with Crippen molar-refractivity contribution in [3.8, 4) is 0 Å². The number of hydrogen-bond acceptors (Lipinski definition) is 3. The maximum Gasteiger partial charge on any atom is 0.257 e. The van der Waals surface area contributed by atoms with Gasteiger partial charge in [0.1, 0.15) is 0 Å². The summed E-state index contributed by atoms with van der Waals surface area (Å²) in [6.07, 6.45) is 0.763. The van der Waals surface area contributed by atoms with Crippen molar-refractivity contribution in [1.29, 1.82) is 0 Å².